The van der Waals surface area contributed by atoms with E-state index in [1.807, 2.05) is 0 Å². The summed E-state index contributed by atoms with van der Waals surface area (Å²) in [6.45, 7) is 7.39. The fourth-order valence-electron chi connectivity index (χ4n) is 5.96. The lowest BCUT2D eigenvalue weighted by molar-refractivity contribution is -0.0739. The maximum atomic E-state index is 7.12. The van der Waals surface area contributed by atoms with E-state index in [1.165, 1.54) is 35.6 Å². The molecule has 1 heterocycles. The molecule has 2 aliphatic carbocycles. The van der Waals surface area contributed by atoms with Gasteiger partial charge in [-0.3, -0.25) is 0 Å². The van der Waals surface area contributed by atoms with Crippen LogP contribution in [0, 0.1) is 16.7 Å². The molecule has 3 aliphatic rings. The minimum absolute atomic E-state index is 0.158. The van der Waals surface area contributed by atoms with E-state index in [9.17, 15) is 0 Å². The smallest absolute Gasteiger partial charge is 0.138 e. The molecule has 2 aromatic carbocycles. The van der Waals surface area contributed by atoms with Crippen molar-refractivity contribution < 1.29 is 4.74 Å². The summed E-state index contributed by atoms with van der Waals surface area (Å²) < 4.78 is 6.96. The average Bonchev–Trinajstić information content (AvgIpc) is 3.04. The summed E-state index contributed by atoms with van der Waals surface area (Å²) in [5, 5.41) is 2.85. The zero-order valence-electron chi connectivity index (χ0n) is 16.5. The van der Waals surface area contributed by atoms with E-state index in [0.717, 1.165) is 5.92 Å². The molecular formula is C24H29OPS. The van der Waals surface area contributed by atoms with Gasteiger partial charge in [-0.05, 0) is 48.1 Å². The van der Waals surface area contributed by atoms with Crippen LogP contribution in [-0.4, -0.2) is 16.5 Å². The lowest BCUT2D eigenvalue weighted by Crippen LogP contribution is -2.51. The molecule has 2 saturated carbocycles. The van der Waals surface area contributed by atoms with Crippen LogP contribution in [0.5, 0.6) is 0 Å². The fraction of sp³-hybridized carbons (Fsp3) is 0.500. The number of rotatable bonds is 3. The predicted octanol–water partition coefficient (Wildman–Crippen LogP) is 5.75. The third-order valence-electron chi connectivity index (χ3n) is 7.75. The minimum Gasteiger partial charge on any atom is -0.356 e. The third kappa shape index (κ3) is 2.60. The average molecular weight is 397 g/mol. The van der Waals surface area contributed by atoms with Gasteiger partial charge in [0.1, 0.15) is 4.67 Å². The standard InChI is InChI=1S/C24H29OPS/c1-22(2)18-14-15-24(22)17-27-23(3,25-21(24)16-18)26(19-10-6-4-7-11-19)20-12-8-5-9-13-20/h4-13,18,21H,14-17H2,1-3H3/t18-,21-,23+,24-/m1/s1. The van der Waals surface area contributed by atoms with Crippen molar-refractivity contribution in [2.24, 2.45) is 16.7 Å². The van der Waals surface area contributed by atoms with E-state index in [1.54, 1.807) is 0 Å². The molecular weight excluding hydrogens is 367 g/mol. The van der Waals surface area contributed by atoms with E-state index >= 15 is 0 Å². The summed E-state index contributed by atoms with van der Waals surface area (Å²) in [4.78, 5) is 0. The Morgan fingerprint density at radius 1 is 0.926 bits per heavy atom. The Labute approximate surface area is 169 Å². The Kier molecular flexibility index (Phi) is 4.28. The van der Waals surface area contributed by atoms with Crippen molar-refractivity contribution in [3.05, 3.63) is 60.7 Å². The molecule has 1 spiro atoms. The Morgan fingerprint density at radius 2 is 1.52 bits per heavy atom. The Morgan fingerprint density at radius 3 is 2.07 bits per heavy atom. The van der Waals surface area contributed by atoms with Gasteiger partial charge in [0.25, 0.3) is 0 Å². The number of hydrogen-bond donors (Lipinski definition) is 0. The van der Waals surface area contributed by atoms with Crippen LogP contribution in [0.25, 0.3) is 0 Å². The zero-order chi connectivity index (χ0) is 18.7. The van der Waals surface area contributed by atoms with Gasteiger partial charge < -0.3 is 4.74 Å². The van der Waals surface area contributed by atoms with Crippen molar-refractivity contribution in [1.82, 2.24) is 0 Å². The largest absolute Gasteiger partial charge is 0.356 e. The van der Waals surface area contributed by atoms with Gasteiger partial charge in [-0.15, -0.1) is 11.8 Å². The molecule has 3 heteroatoms. The monoisotopic (exact) mass is 396 g/mol. The summed E-state index contributed by atoms with van der Waals surface area (Å²) in [7, 11) is -0.577. The zero-order valence-corrected chi connectivity index (χ0v) is 18.2. The predicted molar refractivity (Wildman–Crippen MR) is 118 cm³/mol. The molecule has 4 atom stereocenters. The van der Waals surface area contributed by atoms with Gasteiger partial charge in [0, 0.05) is 19.1 Å². The molecule has 27 heavy (non-hydrogen) atoms. The van der Waals surface area contributed by atoms with Crippen LogP contribution in [0.4, 0.5) is 0 Å². The summed E-state index contributed by atoms with van der Waals surface area (Å²) >= 11 is 2.10. The molecule has 3 fully saturated rings. The van der Waals surface area contributed by atoms with E-state index in [0.29, 0.717) is 16.9 Å². The first-order valence-electron chi connectivity index (χ1n) is 10.2. The van der Waals surface area contributed by atoms with E-state index < -0.39 is 7.92 Å². The second-order valence-corrected chi connectivity index (χ2v) is 13.4. The maximum Gasteiger partial charge on any atom is 0.138 e. The van der Waals surface area contributed by atoms with Crippen molar-refractivity contribution >= 4 is 30.3 Å². The second-order valence-electron chi connectivity index (χ2n) is 9.15. The van der Waals surface area contributed by atoms with Gasteiger partial charge in [-0.2, -0.15) is 0 Å². The Bertz CT molecular complexity index is 783. The van der Waals surface area contributed by atoms with Crippen molar-refractivity contribution in [1.29, 1.82) is 0 Å². The summed E-state index contributed by atoms with van der Waals surface area (Å²) in [5.74, 6) is 2.08. The molecule has 0 aromatic heterocycles. The van der Waals surface area contributed by atoms with Crippen LogP contribution in [0.1, 0.15) is 40.0 Å². The molecule has 0 radical (unpaired) electrons. The molecule has 0 amide bonds. The molecule has 1 nitrogen and oxygen atoms in total. The van der Waals surface area contributed by atoms with E-state index in [-0.39, 0.29) is 4.67 Å². The molecule has 0 unspecified atom stereocenters. The molecule has 2 aromatic rings. The van der Waals surface area contributed by atoms with Gasteiger partial charge in [0.05, 0.1) is 6.10 Å². The lowest BCUT2D eigenvalue weighted by Gasteiger charge is -2.53. The summed E-state index contributed by atoms with van der Waals surface area (Å²) in [6.07, 6.45) is 4.44. The maximum absolute atomic E-state index is 7.12. The number of hydrogen-bond acceptors (Lipinski definition) is 2. The normalized spacial score (nSPS) is 36.7. The SMILES string of the molecule is CC1(C)[C@@H]2CC[C@]13CS[C@](C)(P(c1ccccc1)c1ccccc1)O[C@@H]3C2. The van der Waals surface area contributed by atoms with Crippen molar-refractivity contribution in [2.75, 3.05) is 5.75 Å². The molecule has 0 N–H and O–H groups in total. The minimum atomic E-state index is -0.577. The Balaban J connectivity index is 1.54. The lowest BCUT2D eigenvalue weighted by atomic mass is 9.69. The third-order valence-corrected chi connectivity index (χ3v) is 12.5. The second kappa shape index (κ2) is 6.34. The molecule has 142 valence electrons. The molecule has 5 rings (SSSR count). The molecule has 2 bridgehead atoms. The van der Waals surface area contributed by atoms with Crippen LogP contribution < -0.4 is 10.6 Å². The highest BCUT2D eigenvalue weighted by molar-refractivity contribution is 8.08. The van der Waals surface area contributed by atoms with Gasteiger partial charge in [0.2, 0.25) is 0 Å². The molecule has 1 saturated heterocycles. The van der Waals surface area contributed by atoms with Crippen LogP contribution in [0.2, 0.25) is 0 Å². The van der Waals surface area contributed by atoms with Crippen molar-refractivity contribution in [3.8, 4) is 0 Å². The summed E-state index contributed by atoms with van der Waals surface area (Å²) in [5.41, 5.74) is 0.810. The first kappa shape index (κ1) is 18.2. The first-order valence-corrected chi connectivity index (χ1v) is 12.5. The van der Waals surface area contributed by atoms with Crippen LogP contribution in [-0.2, 0) is 4.74 Å². The first-order chi connectivity index (χ1) is 13.0. The van der Waals surface area contributed by atoms with Gasteiger partial charge >= 0.3 is 0 Å². The molecule has 1 aliphatic heterocycles. The number of benzene rings is 2. The van der Waals surface area contributed by atoms with Crippen LogP contribution in [0.15, 0.2) is 60.7 Å². The van der Waals surface area contributed by atoms with Gasteiger partial charge in [-0.1, -0.05) is 74.5 Å². The van der Waals surface area contributed by atoms with E-state index in [4.69, 9.17) is 4.74 Å². The van der Waals surface area contributed by atoms with Crippen LogP contribution in [0.3, 0.4) is 0 Å². The Hall–Kier alpha value is -0.820. The highest BCUT2D eigenvalue weighted by Gasteiger charge is 2.68. The van der Waals surface area contributed by atoms with E-state index in [2.05, 4.69) is 93.2 Å². The summed E-state index contributed by atoms with van der Waals surface area (Å²) in [6, 6.07) is 22.1. The number of thioether (sulfide) groups is 1. The van der Waals surface area contributed by atoms with Crippen molar-refractivity contribution in [2.45, 2.75) is 50.8 Å². The number of ether oxygens (including phenoxy) is 1. The van der Waals surface area contributed by atoms with Gasteiger partial charge in [-0.25, -0.2) is 0 Å². The highest BCUT2D eigenvalue weighted by atomic mass is 32.2. The van der Waals surface area contributed by atoms with Crippen molar-refractivity contribution in [3.63, 3.8) is 0 Å². The fourth-order valence-corrected chi connectivity index (χ4v) is 11.1. The topological polar surface area (TPSA) is 9.23 Å². The quantitative estimate of drug-likeness (QED) is 0.611. The van der Waals surface area contributed by atoms with Gasteiger partial charge in [0.15, 0.2) is 0 Å². The van der Waals surface area contributed by atoms with Crippen LogP contribution >= 0.6 is 19.7 Å². The highest BCUT2D eigenvalue weighted by Crippen LogP contribution is 2.73. The number of fused-ring (bicyclic) bond motifs is 1.